The second-order valence-corrected chi connectivity index (χ2v) is 11.8. The Hall–Kier alpha value is -3.68. The predicted octanol–water partition coefficient (Wildman–Crippen LogP) is 2.61. The molecule has 2 fully saturated rings. The van der Waals surface area contributed by atoms with Crippen molar-refractivity contribution in [3.8, 4) is 12.1 Å². The quantitative estimate of drug-likeness (QED) is 0.465. The van der Waals surface area contributed by atoms with Crippen LogP contribution in [0.2, 0.25) is 0 Å². The zero-order chi connectivity index (χ0) is 29.1. The minimum absolute atomic E-state index is 0.0297. The third kappa shape index (κ3) is 5.94. The molecule has 2 aromatic rings. The summed E-state index contributed by atoms with van der Waals surface area (Å²) in [7, 11) is 2.09. The van der Waals surface area contributed by atoms with Crippen LogP contribution < -0.4 is 14.5 Å². The molecule has 0 radical (unpaired) electrons. The van der Waals surface area contributed by atoms with Gasteiger partial charge in [-0.25, -0.2) is 0 Å². The van der Waals surface area contributed by atoms with Gasteiger partial charge >= 0.3 is 6.01 Å². The Morgan fingerprint density at radius 1 is 1.19 bits per heavy atom. The molecule has 0 saturated carbocycles. The average Bonchev–Trinajstić information content (AvgIpc) is 3.02. The molecule has 3 aliphatic heterocycles. The Morgan fingerprint density at radius 3 is 2.90 bits per heavy atom. The van der Waals surface area contributed by atoms with Crippen molar-refractivity contribution in [2.75, 3.05) is 69.3 Å². The zero-order valence-corrected chi connectivity index (χ0v) is 24.6. The van der Waals surface area contributed by atoms with Crippen LogP contribution >= 0.6 is 0 Å². The van der Waals surface area contributed by atoms with Crippen LogP contribution in [0.5, 0.6) is 6.01 Å². The van der Waals surface area contributed by atoms with Crippen LogP contribution in [0.15, 0.2) is 36.9 Å². The number of aryl methyl sites for hydroxylation is 1. The summed E-state index contributed by atoms with van der Waals surface area (Å²) in [5, 5.41) is 9.52. The van der Waals surface area contributed by atoms with Gasteiger partial charge in [0.1, 0.15) is 18.5 Å². The van der Waals surface area contributed by atoms with Gasteiger partial charge in [0.2, 0.25) is 5.91 Å². The smallest absolute Gasteiger partial charge is 0.318 e. The molecule has 2 unspecified atom stereocenters. The SMILES string of the molecule is C=CC(=O)N1CCN(c2nc(OCC3CN(C)CCO3)nc3c2CCC(N2CCCc4ccccc42)C3)C[C@@H]1CC#N. The summed E-state index contributed by atoms with van der Waals surface area (Å²) in [6.07, 6.45) is 6.58. The first-order chi connectivity index (χ1) is 20.5. The molecule has 42 heavy (non-hydrogen) atoms. The van der Waals surface area contributed by atoms with Gasteiger partial charge < -0.3 is 29.1 Å². The average molecular weight is 572 g/mol. The Kier molecular flexibility index (Phi) is 8.58. The van der Waals surface area contributed by atoms with Crippen LogP contribution in [0.4, 0.5) is 11.5 Å². The number of nitriles is 1. The van der Waals surface area contributed by atoms with Gasteiger partial charge in [-0.3, -0.25) is 4.79 Å². The summed E-state index contributed by atoms with van der Waals surface area (Å²) >= 11 is 0. The number of likely N-dealkylation sites (N-methyl/N-ethyl adjacent to an activating group) is 1. The van der Waals surface area contributed by atoms with Gasteiger partial charge in [-0.2, -0.15) is 15.2 Å². The number of morpholine rings is 1. The molecule has 1 aromatic heterocycles. The second kappa shape index (κ2) is 12.7. The lowest BCUT2D eigenvalue weighted by molar-refractivity contribution is -0.128. The standard InChI is InChI=1S/C32H41N7O3/c1-3-30(40)39-16-15-37(20-25(39)12-13-33)31-27-11-10-24(38-14-6-8-23-7-4-5-9-29(23)38)19-28(27)34-32(35-31)42-22-26-21-36(2)17-18-41-26/h3-5,7,9,24-26H,1,6,8,10-12,14-22H2,2H3/t24?,25-,26?/m0/s1. The largest absolute Gasteiger partial charge is 0.461 e. The van der Waals surface area contributed by atoms with E-state index in [0.29, 0.717) is 44.9 Å². The highest BCUT2D eigenvalue weighted by atomic mass is 16.5. The van der Waals surface area contributed by atoms with E-state index in [-0.39, 0.29) is 24.5 Å². The maximum absolute atomic E-state index is 12.5. The molecule has 1 aliphatic carbocycles. The van der Waals surface area contributed by atoms with E-state index in [0.717, 1.165) is 68.8 Å². The molecule has 10 heteroatoms. The summed E-state index contributed by atoms with van der Waals surface area (Å²) in [6.45, 7) is 9.20. The number of nitrogens with zero attached hydrogens (tertiary/aromatic N) is 7. The lowest BCUT2D eigenvalue weighted by Crippen LogP contribution is -2.55. The number of piperazine rings is 1. The number of ether oxygens (including phenoxy) is 2. The van der Waals surface area contributed by atoms with E-state index in [2.05, 4.69) is 58.7 Å². The molecule has 10 nitrogen and oxygen atoms in total. The van der Waals surface area contributed by atoms with Crippen molar-refractivity contribution < 1.29 is 14.3 Å². The van der Waals surface area contributed by atoms with Crippen molar-refractivity contribution in [1.29, 1.82) is 5.26 Å². The Morgan fingerprint density at radius 2 is 2.07 bits per heavy atom. The molecule has 222 valence electrons. The van der Waals surface area contributed by atoms with E-state index in [1.807, 2.05) is 0 Å². The van der Waals surface area contributed by atoms with Gasteiger partial charge in [-0.15, -0.1) is 0 Å². The number of benzene rings is 1. The molecule has 2 saturated heterocycles. The number of para-hydroxylation sites is 1. The molecule has 4 aliphatic rings. The molecular weight excluding hydrogens is 530 g/mol. The number of carbonyl (C=O) groups excluding carboxylic acids is 1. The van der Waals surface area contributed by atoms with Crippen LogP contribution in [-0.4, -0.2) is 103 Å². The number of amides is 1. The maximum atomic E-state index is 12.5. The number of aromatic nitrogens is 2. The van der Waals surface area contributed by atoms with Crippen molar-refractivity contribution in [2.24, 2.45) is 0 Å². The van der Waals surface area contributed by atoms with Crippen molar-refractivity contribution in [1.82, 2.24) is 19.8 Å². The van der Waals surface area contributed by atoms with Crippen LogP contribution in [0.3, 0.4) is 0 Å². The number of fused-ring (bicyclic) bond motifs is 2. The molecular formula is C32H41N7O3. The number of rotatable bonds is 7. The van der Waals surface area contributed by atoms with E-state index in [4.69, 9.17) is 19.4 Å². The van der Waals surface area contributed by atoms with E-state index >= 15 is 0 Å². The third-order valence-corrected chi connectivity index (χ3v) is 9.10. The first-order valence-electron chi connectivity index (χ1n) is 15.3. The Bertz CT molecular complexity index is 1340. The first-order valence-corrected chi connectivity index (χ1v) is 15.3. The van der Waals surface area contributed by atoms with E-state index in [9.17, 15) is 10.1 Å². The molecule has 0 bridgehead atoms. The van der Waals surface area contributed by atoms with Crippen LogP contribution in [0.25, 0.3) is 0 Å². The topological polar surface area (TPSA) is 98.1 Å². The first kappa shape index (κ1) is 28.4. The minimum Gasteiger partial charge on any atom is -0.461 e. The maximum Gasteiger partial charge on any atom is 0.318 e. The summed E-state index contributed by atoms with van der Waals surface area (Å²) < 4.78 is 12.2. The number of hydrogen-bond acceptors (Lipinski definition) is 9. The highest BCUT2D eigenvalue weighted by molar-refractivity contribution is 5.87. The summed E-state index contributed by atoms with van der Waals surface area (Å²) in [5.41, 5.74) is 4.98. The van der Waals surface area contributed by atoms with Crippen molar-refractivity contribution in [3.63, 3.8) is 0 Å². The van der Waals surface area contributed by atoms with E-state index in [1.165, 1.54) is 17.3 Å². The lowest BCUT2D eigenvalue weighted by atomic mass is 9.88. The van der Waals surface area contributed by atoms with Gasteiger partial charge in [0.15, 0.2) is 0 Å². The van der Waals surface area contributed by atoms with Gasteiger partial charge in [0, 0.05) is 63.0 Å². The number of hydrogen-bond donors (Lipinski definition) is 0. The van der Waals surface area contributed by atoms with Crippen LogP contribution in [0.1, 0.15) is 36.1 Å². The fourth-order valence-corrected chi connectivity index (χ4v) is 6.96. The zero-order valence-electron chi connectivity index (χ0n) is 24.6. The highest BCUT2D eigenvalue weighted by Crippen LogP contribution is 2.36. The molecule has 0 N–H and O–H groups in total. The summed E-state index contributed by atoms with van der Waals surface area (Å²) in [6, 6.07) is 11.6. The number of anilines is 2. The summed E-state index contributed by atoms with van der Waals surface area (Å²) in [5.74, 6) is 0.744. The Balaban J connectivity index is 1.28. The van der Waals surface area contributed by atoms with Gasteiger partial charge in [0.25, 0.3) is 0 Å². The lowest BCUT2D eigenvalue weighted by Gasteiger charge is -2.43. The molecule has 1 amide bonds. The summed E-state index contributed by atoms with van der Waals surface area (Å²) in [4.78, 5) is 31.3. The monoisotopic (exact) mass is 571 g/mol. The fraction of sp³-hybridized carbons (Fsp3) is 0.562. The van der Waals surface area contributed by atoms with Gasteiger partial charge in [-0.05, 0) is 50.4 Å². The fourth-order valence-electron chi connectivity index (χ4n) is 6.96. The third-order valence-electron chi connectivity index (χ3n) is 9.10. The molecule has 4 heterocycles. The van der Waals surface area contributed by atoms with E-state index in [1.54, 1.807) is 4.90 Å². The Labute approximate surface area is 248 Å². The van der Waals surface area contributed by atoms with Crippen LogP contribution in [-0.2, 0) is 28.8 Å². The van der Waals surface area contributed by atoms with Gasteiger partial charge in [-0.1, -0.05) is 24.8 Å². The normalized spacial score (nSPS) is 24.4. The van der Waals surface area contributed by atoms with Gasteiger partial charge in [0.05, 0.1) is 30.8 Å². The minimum atomic E-state index is -0.225. The molecule has 0 spiro atoms. The van der Waals surface area contributed by atoms with Crippen LogP contribution in [0, 0.1) is 11.3 Å². The molecule has 1 aromatic carbocycles. The van der Waals surface area contributed by atoms with Crippen molar-refractivity contribution in [2.45, 2.75) is 56.7 Å². The molecule has 6 rings (SSSR count). The number of carbonyl (C=O) groups is 1. The second-order valence-electron chi connectivity index (χ2n) is 11.8. The molecule has 3 atom stereocenters. The predicted molar refractivity (Wildman–Crippen MR) is 161 cm³/mol. The highest BCUT2D eigenvalue weighted by Gasteiger charge is 2.35. The van der Waals surface area contributed by atoms with Crippen molar-refractivity contribution >= 4 is 17.4 Å². The van der Waals surface area contributed by atoms with E-state index < -0.39 is 0 Å². The van der Waals surface area contributed by atoms with Crippen molar-refractivity contribution in [3.05, 3.63) is 53.7 Å².